The van der Waals surface area contributed by atoms with Crippen LogP contribution in [0.3, 0.4) is 0 Å². The Balaban J connectivity index is 1.19. The van der Waals surface area contributed by atoms with Crippen LogP contribution in [0.1, 0.15) is 22.3 Å². The van der Waals surface area contributed by atoms with E-state index in [-0.39, 0.29) is 0 Å². The van der Waals surface area contributed by atoms with Crippen molar-refractivity contribution in [3.8, 4) is 66.8 Å². The Hall–Kier alpha value is -8.00. The third kappa shape index (κ3) is 5.42. The Morgan fingerprint density at radius 2 is 0.613 bits per heavy atom. The summed E-state index contributed by atoms with van der Waals surface area (Å²) in [6, 6.07) is 91.6. The number of nitrogens with zero attached hydrogens (tertiary/aromatic N) is 1. The molecule has 0 aromatic heterocycles. The minimum atomic E-state index is -0.466. The second-order valence-corrected chi connectivity index (χ2v) is 16.3. The molecule has 0 aliphatic heterocycles. The average Bonchev–Trinajstić information content (AvgIpc) is 3.83. The van der Waals surface area contributed by atoms with Crippen LogP contribution in [-0.4, -0.2) is 0 Å². The highest BCUT2D eigenvalue weighted by atomic mass is 15.1. The van der Waals surface area contributed by atoms with E-state index in [1.165, 1.54) is 89.0 Å². The maximum atomic E-state index is 2.54. The molecule has 0 N–H and O–H groups in total. The Kier molecular flexibility index (Phi) is 8.47. The van der Waals surface area contributed by atoms with Gasteiger partial charge in [0.05, 0.1) is 16.8 Å². The molecule has 0 fully saturated rings. The summed E-state index contributed by atoms with van der Waals surface area (Å²) in [6.45, 7) is 0. The highest BCUT2D eigenvalue weighted by Crippen LogP contribution is 2.65. The molecule has 2 aliphatic rings. The second kappa shape index (κ2) is 14.6. The lowest BCUT2D eigenvalue weighted by atomic mass is 9.70. The van der Waals surface area contributed by atoms with Gasteiger partial charge in [-0.15, -0.1) is 0 Å². The molecule has 1 heteroatoms. The highest BCUT2D eigenvalue weighted by molar-refractivity contribution is 6.05. The predicted molar refractivity (Wildman–Crippen MR) is 259 cm³/mol. The van der Waals surface area contributed by atoms with Crippen molar-refractivity contribution in [3.63, 3.8) is 0 Å². The molecule has 1 nitrogen and oxygen atoms in total. The van der Waals surface area contributed by atoms with Gasteiger partial charge in [0.2, 0.25) is 0 Å². The van der Waals surface area contributed by atoms with Gasteiger partial charge < -0.3 is 4.90 Å². The maximum Gasteiger partial charge on any atom is 0.0726 e. The van der Waals surface area contributed by atoms with Crippen molar-refractivity contribution in [2.75, 3.05) is 4.90 Å². The Morgan fingerprint density at radius 1 is 0.226 bits per heavy atom. The van der Waals surface area contributed by atoms with Crippen LogP contribution in [0.4, 0.5) is 17.1 Å². The molecular formula is C61H41N. The van der Waals surface area contributed by atoms with Gasteiger partial charge in [-0.2, -0.15) is 0 Å². The van der Waals surface area contributed by atoms with E-state index in [1.54, 1.807) is 0 Å². The lowest BCUT2D eigenvalue weighted by Crippen LogP contribution is -2.26. The number of fused-ring (bicyclic) bond motifs is 10. The first-order valence-electron chi connectivity index (χ1n) is 21.5. The van der Waals surface area contributed by atoms with Gasteiger partial charge >= 0.3 is 0 Å². The molecule has 0 atom stereocenters. The van der Waals surface area contributed by atoms with Gasteiger partial charge in [-0.1, -0.05) is 224 Å². The lowest BCUT2D eigenvalue weighted by Gasteiger charge is -2.33. The lowest BCUT2D eigenvalue weighted by molar-refractivity contribution is 0.794. The summed E-state index contributed by atoms with van der Waals surface area (Å²) in [5.41, 5.74) is 22.8. The molecule has 1 spiro atoms. The summed E-state index contributed by atoms with van der Waals surface area (Å²) in [5.74, 6) is 0. The number of anilines is 3. The van der Waals surface area contributed by atoms with E-state index in [4.69, 9.17) is 0 Å². The van der Waals surface area contributed by atoms with E-state index in [1.807, 2.05) is 0 Å². The predicted octanol–water partition coefficient (Wildman–Crippen LogP) is 16.2. The van der Waals surface area contributed by atoms with E-state index in [2.05, 4.69) is 254 Å². The minimum Gasteiger partial charge on any atom is -0.309 e. The van der Waals surface area contributed by atoms with Gasteiger partial charge in [0.15, 0.2) is 0 Å². The van der Waals surface area contributed by atoms with Crippen LogP contribution < -0.4 is 4.90 Å². The molecule has 0 radical (unpaired) electrons. The van der Waals surface area contributed by atoms with Crippen LogP contribution in [-0.2, 0) is 5.41 Å². The van der Waals surface area contributed by atoms with Crippen LogP contribution in [0.25, 0.3) is 66.8 Å². The fourth-order valence-corrected chi connectivity index (χ4v) is 10.6. The van der Waals surface area contributed by atoms with Gasteiger partial charge in [-0.3, -0.25) is 0 Å². The first-order chi connectivity index (χ1) is 30.8. The van der Waals surface area contributed by atoms with E-state index < -0.39 is 5.41 Å². The second-order valence-electron chi connectivity index (χ2n) is 16.3. The van der Waals surface area contributed by atoms with Crippen LogP contribution in [0.2, 0.25) is 0 Å². The van der Waals surface area contributed by atoms with Crippen LogP contribution in [0.5, 0.6) is 0 Å². The van der Waals surface area contributed by atoms with Gasteiger partial charge in [-0.25, -0.2) is 0 Å². The average molecular weight is 788 g/mol. The molecule has 2 aliphatic carbocycles. The van der Waals surface area contributed by atoms with Crippen molar-refractivity contribution < 1.29 is 0 Å². The quantitative estimate of drug-likeness (QED) is 0.155. The van der Waals surface area contributed by atoms with E-state index in [9.17, 15) is 0 Å². The summed E-state index contributed by atoms with van der Waals surface area (Å²) in [5, 5.41) is 0. The van der Waals surface area contributed by atoms with Gasteiger partial charge in [0.1, 0.15) is 0 Å². The summed E-state index contributed by atoms with van der Waals surface area (Å²) in [6.07, 6.45) is 0. The van der Waals surface area contributed by atoms with Gasteiger partial charge in [-0.05, 0) is 102 Å². The minimum absolute atomic E-state index is 0.466. The normalized spacial score (nSPS) is 12.6. The summed E-state index contributed by atoms with van der Waals surface area (Å²) in [4.78, 5) is 2.54. The molecule has 10 aromatic rings. The fraction of sp³-hybridized carbons (Fsp3) is 0.0164. The molecule has 0 amide bonds. The molecule has 0 heterocycles. The monoisotopic (exact) mass is 787 g/mol. The molecule has 0 unspecified atom stereocenters. The topological polar surface area (TPSA) is 3.24 Å². The first-order valence-corrected chi connectivity index (χ1v) is 21.5. The van der Waals surface area contributed by atoms with Crippen molar-refractivity contribution in [2.45, 2.75) is 5.41 Å². The van der Waals surface area contributed by atoms with Crippen LogP contribution in [0, 0.1) is 0 Å². The smallest absolute Gasteiger partial charge is 0.0726 e. The zero-order valence-corrected chi connectivity index (χ0v) is 34.1. The van der Waals surface area contributed by atoms with Crippen molar-refractivity contribution in [2.24, 2.45) is 0 Å². The van der Waals surface area contributed by atoms with E-state index >= 15 is 0 Å². The van der Waals surface area contributed by atoms with Gasteiger partial charge in [0.25, 0.3) is 0 Å². The highest BCUT2D eigenvalue weighted by Gasteiger charge is 2.52. The number of hydrogen-bond acceptors (Lipinski definition) is 1. The molecule has 0 saturated carbocycles. The number of rotatable bonds is 7. The molecule has 290 valence electrons. The van der Waals surface area contributed by atoms with Crippen molar-refractivity contribution in [1.29, 1.82) is 0 Å². The van der Waals surface area contributed by atoms with E-state index in [0.29, 0.717) is 0 Å². The third-order valence-corrected chi connectivity index (χ3v) is 13.1. The molecule has 0 saturated heterocycles. The number of hydrogen-bond donors (Lipinski definition) is 0. The largest absolute Gasteiger partial charge is 0.309 e. The molecule has 62 heavy (non-hydrogen) atoms. The summed E-state index contributed by atoms with van der Waals surface area (Å²) >= 11 is 0. The van der Waals surface area contributed by atoms with Crippen molar-refractivity contribution in [1.82, 2.24) is 0 Å². The van der Waals surface area contributed by atoms with Crippen LogP contribution in [0.15, 0.2) is 249 Å². The number of benzene rings is 10. The first kappa shape index (κ1) is 35.9. The Labute approximate surface area is 363 Å². The molecule has 12 rings (SSSR count). The Bertz CT molecular complexity index is 3230. The zero-order valence-electron chi connectivity index (χ0n) is 34.1. The van der Waals surface area contributed by atoms with Crippen molar-refractivity contribution in [3.05, 3.63) is 271 Å². The summed E-state index contributed by atoms with van der Waals surface area (Å²) < 4.78 is 0. The third-order valence-electron chi connectivity index (χ3n) is 13.1. The Morgan fingerprint density at radius 3 is 1.21 bits per heavy atom. The molecular weight excluding hydrogens is 747 g/mol. The standard InChI is InChI=1S/C61H41N/c1-4-20-42(21-5-1)43-38-40-46(41-39-43)62(57-36-18-31-48(45-24-8-3-9-25-45)59(57)51-29-11-10-26-47(51)44-22-6-2-7-23-44)58-37-19-35-56-60(58)52-30-14-17-34-55(52)61(56)53-32-15-12-27-49(53)50-28-13-16-33-54(50)61/h1-41H. The fourth-order valence-electron chi connectivity index (χ4n) is 10.6. The van der Waals surface area contributed by atoms with Gasteiger partial charge in [0, 0.05) is 16.8 Å². The maximum absolute atomic E-state index is 2.54. The SMILES string of the molecule is c1ccc(-c2ccc(N(c3cccc(-c4ccccc4)c3-c3ccccc3-c3ccccc3)c3cccc4c3-c3ccccc3C43c4ccccc4-c4ccccc43)cc2)cc1. The summed E-state index contributed by atoms with van der Waals surface area (Å²) in [7, 11) is 0. The van der Waals surface area contributed by atoms with Crippen molar-refractivity contribution >= 4 is 17.1 Å². The van der Waals surface area contributed by atoms with E-state index in [0.717, 1.165) is 17.1 Å². The zero-order chi connectivity index (χ0) is 41.0. The molecule has 10 aromatic carbocycles. The molecule has 0 bridgehead atoms. The van der Waals surface area contributed by atoms with Crippen LogP contribution >= 0.6 is 0 Å².